The van der Waals surface area contributed by atoms with Gasteiger partial charge in [-0.25, -0.2) is 0 Å². The predicted octanol–water partition coefficient (Wildman–Crippen LogP) is 8.93. The highest BCUT2D eigenvalue weighted by molar-refractivity contribution is 5.69. The van der Waals surface area contributed by atoms with Crippen LogP contribution >= 0.6 is 0 Å². The van der Waals surface area contributed by atoms with Crippen molar-refractivity contribution < 1.29 is 9.47 Å². The number of hydrogen-bond acceptors (Lipinski definition) is 3. The summed E-state index contributed by atoms with van der Waals surface area (Å²) < 4.78 is 12.3. The van der Waals surface area contributed by atoms with Crippen molar-refractivity contribution in [2.45, 2.75) is 77.2 Å². The number of nitrogens with one attached hydrogen (secondary N) is 1. The van der Waals surface area contributed by atoms with Crippen molar-refractivity contribution in [2.75, 3.05) is 11.9 Å². The van der Waals surface area contributed by atoms with E-state index in [9.17, 15) is 0 Å². The summed E-state index contributed by atoms with van der Waals surface area (Å²) >= 11 is 0. The Morgan fingerprint density at radius 1 is 0.800 bits per heavy atom. The fourth-order valence-corrected chi connectivity index (χ4v) is 5.30. The van der Waals surface area contributed by atoms with E-state index in [2.05, 4.69) is 72.9 Å². The van der Waals surface area contributed by atoms with Crippen molar-refractivity contribution in [2.24, 2.45) is 5.92 Å². The molecule has 0 bridgehead atoms. The van der Waals surface area contributed by atoms with Crippen LogP contribution in [-0.4, -0.2) is 6.61 Å². The Bertz CT molecular complexity index is 1080. The first kappa shape index (κ1) is 23.8. The molecular formula is C32H39NO2. The Balaban J connectivity index is 1.21. The second kappa shape index (κ2) is 11.7. The predicted molar refractivity (Wildman–Crippen MR) is 145 cm³/mol. The van der Waals surface area contributed by atoms with Crippen molar-refractivity contribution >= 4 is 11.4 Å². The maximum Gasteiger partial charge on any atom is 0.124 e. The van der Waals surface area contributed by atoms with Gasteiger partial charge in [-0.2, -0.15) is 0 Å². The zero-order valence-corrected chi connectivity index (χ0v) is 21.1. The van der Waals surface area contributed by atoms with Crippen LogP contribution in [0.3, 0.4) is 0 Å². The second-order valence-corrected chi connectivity index (χ2v) is 10.3. The molecule has 184 valence electrons. The molecule has 2 saturated carbocycles. The van der Waals surface area contributed by atoms with Gasteiger partial charge in [-0.3, -0.25) is 0 Å². The van der Waals surface area contributed by atoms with Crippen LogP contribution in [0, 0.1) is 12.8 Å². The average molecular weight is 470 g/mol. The van der Waals surface area contributed by atoms with Gasteiger partial charge in [0.15, 0.2) is 0 Å². The smallest absolute Gasteiger partial charge is 0.124 e. The maximum absolute atomic E-state index is 6.23. The molecule has 2 fully saturated rings. The molecule has 0 heterocycles. The highest BCUT2D eigenvalue weighted by Gasteiger charge is 2.27. The SMILES string of the molecule is Cc1c(Nc2ccc(OCc3ccccc3)cc2C2CC2)cccc1OCCCC1CCCCC1. The van der Waals surface area contributed by atoms with E-state index in [-0.39, 0.29) is 0 Å². The molecule has 0 unspecified atom stereocenters. The Morgan fingerprint density at radius 2 is 1.63 bits per heavy atom. The van der Waals surface area contributed by atoms with Crippen LogP contribution in [0.1, 0.15) is 80.4 Å². The molecule has 1 N–H and O–H groups in total. The van der Waals surface area contributed by atoms with Gasteiger partial charge in [0.05, 0.1) is 6.61 Å². The zero-order valence-electron chi connectivity index (χ0n) is 21.1. The summed E-state index contributed by atoms with van der Waals surface area (Å²) in [6.45, 7) is 3.56. The van der Waals surface area contributed by atoms with E-state index in [4.69, 9.17) is 9.47 Å². The van der Waals surface area contributed by atoms with Crippen molar-refractivity contribution in [1.29, 1.82) is 0 Å². The van der Waals surface area contributed by atoms with Gasteiger partial charge in [0.1, 0.15) is 18.1 Å². The Morgan fingerprint density at radius 3 is 2.43 bits per heavy atom. The van der Waals surface area contributed by atoms with E-state index in [1.165, 1.54) is 73.7 Å². The molecule has 3 nitrogen and oxygen atoms in total. The van der Waals surface area contributed by atoms with Crippen LogP contribution in [0.15, 0.2) is 66.7 Å². The molecule has 3 aromatic carbocycles. The molecule has 0 radical (unpaired) electrons. The lowest BCUT2D eigenvalue weighted by Crippen LogP contribution is -2.08. The van der Waals surface area contributed by atoms with Gasteiger partial charge < -0.3 is 14.8 Å². The van der Waals surface area contributed by atoms with Crippen LogP contribution < -0.4 is 14.8 Å². The number of rotatable bonds is 11. The molecule has 0 atom stereocenters. The molecule has 0 saturated heterocycles. The van der Waals surface area contributed by atoms with Gasteiger partial charge in [0.2, 0.25) is 0 Å². The van der Waals surface area contributed by atoms with Gasteiger partial charge in [-0.1, -0.05) is 68.5 Å². The van der Waals surface area contributed by atoms with Gasteiger partial charge in [0, 0.05) is 16.9 Å². The minimum atomic E-state index is 0.594. The Labute approximate surface area is 210 Å². The standard InChI is InChI=1S/C32H39NO2/c1-24-30(15-8-16-32(24)34-21-9-14-25-10-4-2-5-11-25)33-31-20-19-28(22-29(31)27-17-18-27)35-23-26-12-6-3-7-13-26/h3,6-8,12-13,15-16,19-20,22,25,27,33H,2,4-5,9-11,14,17-18,21,23H2,1H3. The molecule has 3 heteroatoms. The molecule has 2 aliphatic carbocycles. The summed E-state index contributed by atoms with van der Waals surface area (Å²) in [5.74, 6) is 3.47. The van der Waals surface area contributed by atoms with E-state index in [0.717, 1.165) is 36.1 Å². The van der Waals surface area contributed by atoms with Crippen molar-refractivity contribution in [1.82, 2.24) is 0 Å². The molecule has 5 rings (SSSR count). The second-order valence-electron chi connectivity index (χ2n) is 10.3. The number of benzene rings is 3. The van der Waals surface area contributed by atoms with E-state index < -0.39 is 0 Å². The lowest BCUT2D eigenvalue weighted by Gasteiger charge is -2.21. The van der Waals surface area contributed by atoms with Crippen LogP contribution in [0.25, 0.3) is 0 Å². The third kappa shape index (κ3) is 6.60. The van der Waals surface area contributed by atoms with E-state index in [1.54, 1.807) is 0 Å². The summed E-state index contributed by atoms with van der Waals surface area (Å²) in [6, 6.07) is 23.2. The number of hydrogen-bond donors (Lipinski definition) is 1. The summed E-state index contributed by atoms with van der Waals surface area (Å²) in [7, 11) is 0. The average Bonchev–Trinajstić information content (AvgIpc) is 3.75. The summed E-state index contributed by atoms with van der Waals surface area (Å²) in [4.78, 5) is 0. The van der Waals surface area contributed by atoms with Crippen molar-refractivity contribution in [3.63, 3.8) is 0 Å². The lowest BCUT2D eigenvalue weighted by atomic mass is 9.86. The number of anilines is 2. The van der Waals surface area contributed by atoms with E-state index in [0.29, 0.717) is 12.5 Å². The summed E-state index contributed by atoms with van der Waals surface area (Å²) in [6.07, 6.45) is 12.1. The molecule has 3 aromatic rings. The van der Waals surface area contributed by atoms with E-state index >= 15 is 0 Å². The van der Waals surface area contributed by atoms with Gasteiger partial charge in [-0.15, -0.1) is 0 Å². The summed E-state index contributed by atoms with van der Waals surface area (Å²) in [5, 5.41) is 3.71. The topological polar surface area (TPSA) is 30.5 Å². The number of ether oxygens (including phenoxy) is 2. The van der Waals surface area contributed by atoms with Crippen LogP contribution in [0.5, 0.6) is 11.5 Å². The first-order valence-corrected chi connectivity index (χ1v) is 13.6. The molecule has 0 aliphatic heterocycles. The fourth-order valence-electron chi connectivity index (χ4n) is 5.30. The van der Waals surface area contributed by atoms with Gasteiger partial charge in [0.25, 0.3) is 0 Å². The molecule has 0 amide bonds. The first-order chi connectivity index (χ1) is 17.3. The highest BCUT2D eigenvalue weighted by Crippen LogP contribution is 2.45. The van der Waals surface area contributed by atoms with Crippen LogP contribution in [-0.2, 0) is 6.61 Å². The Hall–Kier alpha value is -2.94. The first-order valence-electron chi connectivity index (χ1n) is 13.6. The molecular weight excluding hydrogens is 430 g/mol. The fraction of sp³-hybridized carbons (Fsp3) is 0.438. The lowest BCUT2D eigenvalue weighted by molar-refractivity contribution is 0.268. The van der Waals surface area contributed by atoms with Gasteiger partial charge in [-0.05, 0) is 85.9 Å². The minimum absolute atomic E-state index is 0.594. The third-order valence-corrected chi connectivity index (χ3v) is 7.58. The normalized spacial score (nSPS) is 16.1. The monoisotopic (exact) mass is 469 g/mol. The summed E-state index contributed by atoms with van der Waals surface area (Å²) in [5.41, 5.74) is 6.02. The third-order valence-electron chi connectivity index (χ3n) is 7.58. The molecule has 35 heavy (non-hydrogen) atoms. The quantitative estimate of drug-likeness (QED) is 0.284. The van der Waals surface area contributed by atoms with E-state index in [1.807, 2.05) is 6.07 Å². The highest BCUT2D eigenvalue weighted by atomic mass is 16.5. The van der Waals surface area contributed by atoms with Crippen molar-refractivity contribution in [3.8, 4) is 11.5 Å². The van der Waals surface area contributed by atoms with Gasteiger partial charge >= 0.3 is 0 Å². The maximum atomic E-state index is 6.23. The molecule has 0 spiro atoms. The Kier molecular flexibility index (Phi) is 7.92. The molecule has 0 aromatic heterocycles. The largest absolute Gasteiger partial charge is 0.493 e. The minimum Gasteiger partial charge on any atom is -0.493 e. The molecule has 2 aliphatic rings. The van der Waals surface area contributed by atoms with Crippen molar-refractivity contribution in [3.05, 3.63) is 83.4 Å². The van der Waals surface area contributed by atoms with Crippen LogP contribution in [0.4, 0.5) is 11.4 Å². The van der Waals surface area contributed by atoms with Crippen LogP contribution in [0.2, 0.25) is 0 Å². The zero-order chi connectivity index (χ0) is 23.9.